The molecule has 0 spiro atoms. The molecule has 2 rings (SSSR count). The highest BCUT2D eigenvalue weighted by atomic mass is 16.5. The molecule has 15 heavy (non-hydrogen) atoms. The summed E-state index contributed by atoms with van der Waals surface area (Å²) in [5, 5.41) is 9.99. The summed E-state index contributed by atoms with van der Waals surface area (Å²) in [4.78, 5) is 3.18. The number of methoxy groups -OCH3 is 1. The second-order valence-electron chi connectivity index (χ2n) is 3.63. The molecule has 3 nitrogen and oxygen atoms in total. The highest BCUT2D eigenvalue weighted by Gasteiger charge is 2.11. The number of nitrogens with one attached hydrogen (secondary N) is 1. The first-order chi connectivity index (χ1) is 7.17. The van der Waals surface area contributed by atoms with Crippen molar-refractivity contribution in [3.8, 4) is 11.8 Å². The fraction of sp³-hybridized carbons (Fsp3) is 0.250. The lowest BCUT2D eigenvalue weighted by Crippen LogP contribution is -1.85. The number of aromatic amines is 1. The molecule has 0 aliphatic rings. The van der Waals surface area contributed by atoms with Gasteiger partial charge in [0.05, 0.1) is 18.2 Å². The van der Waals surface area contributed by atoms with Gasteiger partial charge in [-0.3, -0.25) is 0 Å². The summed E-state index contributed by atoms with van der Waals surface area (Å²) in [5.41, 5.74) is 3.58. The van der Waals surface area contributed by atoms with Crippen molar-refractivity contribution in [3.05, 3.63) is 29.0 Å². The van der Waals surface area contributed by atoms with Crippen molar-refractivity contribution in [2.24, 2.45) is 0 Å². The molecular formula is C12H12N2O. The highest BCUT2D eigenvalue weighted by Crippen LogP contribution is 2.30. The van der Waals surface area contributed by atoms with Crippen LogP contribution in [0.5, 0.6) is 5.75 Å². The van der Waals surface area contributed by atoms with Crippen molar-refractivity contribution in [2.45, 2.75) is 13.8 Å². The summed E-state index contributed by atoms with van der Waals surface area (Å²) in [7, 11) is 1.64. The minimum atomic E-state index is 0.701. The van der Waals surface area contributed by atoms with E-state index in [1.807, 2.05) is 26.0 Å². The molecule has 0 fully saturated rings. The van der Waals surface area contributed by atoms with E-state index < -0.39 is 0 Å². The number of aromatic nitrogens is 1. The first-order valence-electron chi connectivity index (χ1n) is 4.74. The number of hydrogen-bond donors (Lipinski definition) is 1. The van der Waals surface area contributed by atoms with Gasteiger partial charge in [0, 0.05) is 11.1 Å². The molecule has 0 saturated heterocycles. The van der Waals surface area contributed by atoms with Crippen LogP contribution in [0, 0.1) is 25.2 Å². The van der Waals surface area contributed by atoms with Gasteiger partial charge in [0.25, 0.3) is 0 Å². The number of benzene rings is 1. The van der Waals surface area contributed by atoms with E-state index in [1.165, 1.54) is 0 Å². The van der Waals surface area contributed by atoms with Gasteiger partial charge in [-0.05, 0) is 31.5 Å². The lowest BCUT2D eigenvalue weighted by molar-refractivity contribution is 0.418. The Morgan fingerprint density at radius 3 is 2.67 bits per heavy atom. The Labute approximate surface area is 88.3 Å². The number of fused-ring (bicyclic) bond motifs is 1. The van der Waals surface area contributed by atoms with Gasteiger partial charge in [-0.25, -0.2) is 0 Å². The zero-order valence-electron chi connectivity index (χ0n) is 9.01. The molecule has 1 heterocycles. The third kappa shape index (κ3) is 1.35. The van der Waals surface area contributed by atoms with Gasteiger partial charge >= 0.3 is 0 Å². The predicted molar refractivity (Wildman–Crippen MR) is 59.0 cm³/mol. The molecule has 1 aromatic carbocycles. The van der Waals surface area contributed by atoms with Crippen LogP contribution in [0.25, 0.3) is 10.9 Å². The number of hydrogen-bond acceptors (Lipinski definition) is 2. The number of rotatable bonds is 1. The Hall–Kier alpha value is -1.95. The van der Waals surface area contributed by atoms with Gasteiger partial charge in [-0.15, -0.1) is 0 Å². The van der Waals surface area contributed by atoms with Crippen LogP contribution in [-0.4, -0.2) is 12.1 Å². The van der Waals surface area contributed by atoms with Crippen molar-refractivity contribution < 1.29 is 4.74 Å². The van der Waals surface area contributed by atoms with Gasteiger partial charge in [0.1, 0.15) is 11.8 Å². The standard InChI is InChI=1S/C12H12N2O/c1-7-4-9-10(6-13)8(2)14-12(9)11(5-7)15-3/h4-5,14H,1-3H3. The van der Waals surface area contributed by atoms with Gasteiger partial charge in [-0.1, -0.05) is 0 Å². The molecule has 0 aliphatic carbocycles. The average molecular weight is 200 g/mol. The summed E-state index contributed by atoms with van der Waals surface area (Å²) >= 11 is 0. The van der Waals surface area contributed by atoms with Crippen molar-refractivity contribution in [2.75, 3.05) is 7.11 Å². The van der Waals surface area contributed by atoms with Crippen LogP contribution in [0.15, 0.2) is 12.1 Å². The Balaban J connectivity index is 2.91. The zero-order valence-corrected chi connectivity index (χ0v) is 9.01. The van der Waals surface area contributed by atoms with Crippen LogP contribution < -0.4 is 4.74 Å². The van der Waals surface area contributed by atoms with Crippen LogP contribution in [0.1, 0.15) is 16.8 Å². The molecule has 1 N–H and O–H groups in total. The molecular weight excluding hydrogens is 188 g/mol. The molecule has 0 bridgehead atoms. The molecule has 2 aromatic rings. The average Bonchev–Trinajstić information content (AvgIpc) is 2.52. The van der Waals surface area contributed by atoms with E-state index in [-0.39, 0.29) is 0 Å². The van der Waals surface area contributed by atoms with E-state index in [1.54, 1.807) is 7.11 Å². The lowest BCUT2D eigenvalue weighted by atomic mass is 10.1. The maximum Gasteiger partial charge on any atom is 0.143 e. The summed E-state index contributed by atoms with van der Waals surface area (Å²) in [6.45, 7) is 3.89. The first-order valence-corrected chi connectivity index (χ1v) is 4.74. The SMILES string of the molecule is COc1cc(C)cc2c(C#N)c(C)[nH]c12. The van der Waals surface area contributed by atoms with Crippen molar-refractivity contribution >= 4 is 10.9 Å². The summed E-state index contributed by atoms with van der Waals surface area (Å²) < 4.78 is 5.28. The summed E-state index contributed by atoms with van der Waals surface area (Å²) in [6, 6.07) is 6.17. The van der Waals surface area contributed by atoms with Gasteiger partial charge in [-0.2, -0.15) is 5.26 Å². The van der Waals surface area contributed by atoms with Crippen LogP contribution in [0.4, 0.5) is 0 Å². The molecule has 3 heteroatoms. The first kappa shape index (κ1) is 9.60. The second-order valence-corrected chi connectivity index (χ2v) is 3.63. The van der Waals surface area contributed by atoms with Crippen LogP contribution in [0.3, 0.4) is 0 Å². The lowest BCUT2D eigenvalue weighted by Gasteiger charge is -2.02. The number of ether oxygens (including phenoxy) is 1. The Kier molecular flexibility index (Phi) is 2.12. The molecule has 0 radical (unpaired) electrons. The highest BCUT2D eigenvalue weighted by molar-refractivity contribution is 5.92. The third-order valence-corrected chi connectivity index (χ3v) is 2.54. The van der Waals surface area contributed by atoms with E-state index in [0.29, 0.717) is 5.56 Å². The maximum absolute atomic E-state index is 9.05. The number of nitrogens with zero attached hydrogens (tertiary/aromatic N) is 1. The molecule has 0 atom stereocenters. The minimum absolute atomic E-state index is 0.701. The van der Waals surface area contributed by atoms with E-state index in [9.17, 15) is 0 Å². The van der Waals surface area contributed by atoms with Crippen molar-refractivity contribution in [1.82, 2.24) is 4.98 Å². The van der Waals surface area contributed by atoms with Gasteiger partial charge < -0.3 is 9.72 Å². The predicted octanol–water partition coefficient (Wildman–Crippen LogP) is 2.67. The molecule has 0 saturated carbocycles. The molecule has 0 aliphatic heterocycles. The van der Waals surface area contributed by atoms with E-state index >= 15 is 0 Å². The van der Waals surface area contributed by atoms with Gasteiger partial charge in [0.15, 0.2) is 0 Å². The Morgan fingerprint density at radius 1 is 1.33 bits per heavy atom. The van der Waals surface area contributed by atoms with Crippen LogP contribution in [-0.2, 0) is 0 Å². The number of H-pyrrole nitrogens is 1. The van der Waals surface area contributed by atoms with Crippen molar-refractivity contribution in [1.29, 1.82) is 5.26 Å². The molecule has 0 amide bonds. The normalized spacial score (nSPS) is 10.3. The fourth-order valence-electron chi connectivity index (χ4n) is 1.84. The quantitative estimate of drug-likeness (QED) is 0.769. The van der Waals surface area contributed by atoms with Crippen LogP contribution >= 0.6 is 0 Å². The zero-order chi connectivity index (χ0) is 11.0. The molecule has 76 valence electrons. The fourth-order valence-corrected chi connectivity index (χ4v) is 1.84. The molecule has 1 aromatic heterocycles. The maximum atomic E-state index is 9.05. The largest absolute Gasteiger partial charge is 0.495 e. The third-order valence-electron chi connectivity index (χ3n) is 2.54. The second kappa shape index (κ2) is 3.32. The smallest absolute Gasteiger partial charge is 0.143 e. The van der Waals surface area contributed by atoms with E-state index in [4.69, 9.17) is 10.00 Å². The van der Waals surface area contributed by atoms with E-state index in [0.717, 1.165) is 27.9 Å². The van der Waals surface area contributed by atoms with Gasteiger partial charge in [0.2, 0.25) is 0 Å². The summed E-state index contributed by atoms with van der Waals surface area (Å²) in [5.74, 6) is 0.787. The topological polar surface area (TPSA) is 48.8 Å². The molecule has 0 unspecified atom stereocenters. The summed E-state index contributed by atoms with van der Waals surface area (Å²) in [6.07, 6.45) is 0. The van der Waals surface area contributed by atoms with Crippen molar-refractivity contribution in [3.63, 3.8) is 0 Å². The number of nitriles is 1. The van der Waals surface area contributed by atoms with E-state index in [2.05, 4.69) is 11.1 Å². The van der Waals surface area contributed by atoms with Crippen LogP contribution in [0.2, 0.25) is 0 Å². The monoisotopic (exact) mass is 200 g/mol. The minimum Gasteiger partial charge on any atom is -0.495 e. The Bertz CT molecular complexity index is 561. The number of aryl methyl sites for hydroxylation is 2. The Morgan fingerprint density at radius 2 is 2.07 bits per heavy atom.